The lowest BCUT2D eigenvalue weighted by Crippen LogP contribution is -2.44. The van der Waals surface area contributed by atoms with Crippen LogP contribution in [0.1, 0.15) is 13.8 Å². The smallest absolute Gasteiger partial charge is 0.212 e. The van der Waals surface area contributed by atoms with Gasteiger partial charge in [-0.05, 0) is 13.8 Å². The molecule has 0 aromatic rings. The normalized spacial score (nSPS) is 13.9. The van der Waals surface area contributed by atoms with E-state index in [-0.39, 0.29) is 5.88 Å². The zero-order valence-electron chi connectivity index (χ0n) is 8.38. The van der Waals surface area contributed by atoms with Crippen LogP contribution in [0.15, 0.2) is 0 Å². The van der Waals surface area contributed by atoms with Crippen LogP contribution in [0.3, 0.4) is 0 Å². The Morgan fingerprint density at radius 1 is 1.33 bits per heavy atom. The summed E-state index contributed by atoms with van der Waals surface area (Å²) in [5, 5.41) is 0. The van der Waals surface area contributed by atoms with E-state index in [4.69, 9.17) is 11.6 Å². The Labute approximate surface area is 92.2 Å². The van der Waals surface area contributed by atoms with Crippen molar-refractivity contribution in [2.24, 2.45) is 0 Å². The van der Waals surface area contributed by atoms with Crippen LogP contribution in [-0.4, -0.2) is 43.1 Å². The predicted molar refractivity (Wildman–Crippen MR) is 52.4 cm³/mol. The molecule has 0 atom stereocenters. The summed E-state index contributed by atoms with van der Waals surface area (Å²) in [6, 6.07) is -0.736. The third-order valence-electron chi connectivity index (χ3n) is 1.60. The molecule has 8 heteroatoms. The van der Waals surface area contributed by atoms with E-state index in [9.17, 15) is 21.6 Å². The second-order valence-electron chi connectivity index (χ2n) is 3.26. The molecule has 0 aromatic heterocycles. The average molecular weight is 268 g/mol. The molecule has 0 unspecified atom stereocenters. The van der Waals surface area contributed by atoms with Crippen LogP contribution in [-0.2, 0) is 10.0 Å². The minimum atomic E-state index is -4.54. The zero-order chi connectivity index (χ0) is 12.3. The van der Waals surface area contributed by atoms with Crippen LogP contribution in [0.4, 0.5) is 13.2 Å². The summed E-state index contributed by atoms with van der Waals surface area (Å²) in [5.74, 6) is -0.702. The molecular weight excluding hydrogens is 255 g/mol. The first-order valence-electron chi connectivity index (χ1n) is 4.22. The molecule has 0 spiro atoms. The Morgan fingerprint density at radius 3 is 2.07 bits per heavy atom. The molecule has 92 valence electrons. The summed E-state index contributed by atoms with van der Waals surface area (Å²) >= 11 is 5.22. The van der Waals surface area contributed by atoms with Crippen molar-refractivity contribution < 1.29 is 21.6 Å². The molecule has 0 bridgehead atoms. The highest BCUT2D eigenvalue weighted by Crippen LogP contribution is 2.20. The largest absolute Gasteiger partial charge is 0.402 e. The third kappa shape index (κ3) is 5.58. The van der Waals surface area contributed by atoms with Gasteiger partial charge in [0.25, 0.3) is 0 Å². The highest BCUT2D eigenvalue weighted by atomic mass is 35.5. The third-order valence-corrected chi connectivity index (χ3v) is 4.00. The number of halogens is 4. The van der Waals surface area contributed by atoms with Gasteiger partial charge in [0.2, 0.25) is 10.0 Å². The van der Waals surface area contributed by atoms with Crippen molar-refractivity contribution >= 4 is 21.6 Å². The summed E-state index contributed by atoms with van der Waals surface area (Å²) in [6.45, 7) is 1.30. The lowest BCUT2D eigenvalue weighted by Gasteiger charge is -2.26. The monoisotopic (exact) mass is 267 g/mol. The fraction of sp³-hybridized carbons (Fsp3) is 1.00. The van der Waals surface area contributed by atoms with Crippen LogP contribution < -0.4 is 0 Å². The van der Waals surface area contributed by atoms with Crippen molar-refractivity contribution in [2.45, 2.75) is 26.1 Å². The quantitative estimate of drug-likeness (QED) is 0.713. The van der Waals surface area contributed by atoms with Gasteiger partial charge < -0.3 is 0 Å². The van der Waals surface area contributed by atoms with Crippen molar-refractivity contribution in [3.05, 3.63) is 0 Å². The minimum Gasteiger partial charge on any atom is -0.212 e. The molecule has 0 saturated heterocycles. The van der Waals surface area contributed by atoms with Crippen molar-refractivity contribution in [3.8, 4) is 0 Å². The van der Waals surface area contributed by atoms with Gasteiger partial charge in [0.15, 0.2) is 0 Å². The van der Waals surface area contributed by atoms with Crippen LogP contribution in [0.2, 0.25) is 0 Å². The van der Waals surface area contributed by atoms with Crippen molar-refractivity contribution in [1.82, 2.24) is 4.31 Å². The standard InChI is InChI=1S/C7H13ClF3NO2S/c1-6(2)12(5-7(9,10)11)15(13,14)4-3-8/h6H,3-5H2,1-2H3. The number of nitrogens with zero attached hydrogens (tertiary/aromatic N) is 1. The fourth-order valence-corrected chi connectivity index (χ4v) is 2.99. The molecule has 0 aliphatic rings. The predicted octanol–water partition coefficient (Wildman–Crippen LogP) is 1.83. The first kappa shape index (κ1) is 15.0. The number of hydrogen-bond donors (Lipinski definition) is 0. The Bertz CT molecular complexity index is 289. The molecule has 0 amide bonds. The van der Waals surface area contributed by atoms with Crippen LogP contribution >= 0.6 is 11.6 Å². The van der Waals surface area contributed by atoms with Gasteiger partial charge in [-0.15, -0.1) is 11.6 Å². The van der Waals surface area contributed by atoms with E-state index in [1.165, 1.54) is 13.8 Å². The topological polar surface area (TPSA) is 37.4 Å². The summed E-state index contributed by atoms with van der Waals surface area (Å²) in [6.07, 6.45) is -4.54. The second kappa shape index (κ2) is 5.36. The van der Waals surface area contributed by atoms with Gasteiger partial charge in [-0.1, -0.05) is 0 Å². The van der Waals surface area contributed by atoms with Crippen LogP contribution in [0.5, 0.6) is 0 Å². The summed E-state index contributed by atoms with van der Waals surface area (Å²) < 4.78 is 59.5. The molecule has 0 heterocycles. The maximum absolute atomic E-state index is 12.1. The summed E-state index contributed by atoms with van der Waals surface area (Å²) in [7, 11) is -3.92. The Kier molecular flexibility index (Phi) is 5.35. The maximum atomic E-state index is 12.1. The van der Waals surface area contributed by atoms with Gasteiger partial charge in [0, 0.05) is 11.9 Å². The van der Waals surface area contributed by atoms with Gasteiger partial charge in [-0.2, -0.15) is 17.5 Å². The maximum Gasteiger partial charge on any atom is 0.402 e. The molecule has 0 aliphatic heterocycles. The Morgan fingerprint density at radius 2 is 1.80 bits per heavy atom. The van der Waals surface area contributed by atoms with Gasteiger partial charge in [0.1, 0.15) is 6.54 Å². The first-order valence-corrected chi connectivity index (χ1v) is 6.37. The molecule has 15 heavy (non-hydrogen) atoms. The number of rotatable bonds is 5. The van der Waals surface area contributed by atoms with Gasteiger partial charge in [-0.3, -0.25) is 0 Å². The number of hydrogen-bond acceptors (Lipinski definition) is 2. The van der Waals surface area contributed by atoms with E-state index in [1.54, 1.807) is 0 Å². The molecule has 0 aliphatic carbocycles. The average Bonchev–Trinajstić information content (AvgIpc) is 1.97. The molecule has 0 fully saturated rings. The van der Waals surface area contributed by atoms with E-state index in [2.05, 4.69) is 0 Å². The SMILES string of the molecule is CC(C)N(CC(F)(F)F)S(=O)(=O)CCCl. The zero-order valence-corrected chi connectivity index (χ0v) is 9.95. The van der Waals surface area contributed by atoms with Crippen molar-refractivity contribution in [1.29, 1.82) is 0 Å². The van der Waals surface area contributed by atoms with Crippen molar-refractivity contribution in [2.75, 3.05) is 18.2 Å². The number of alkyl halides is 4. The molecule has 3 nitrogen and oxygen atoms in total. The van der Waals surface area contributed by atoms with E-state index in [1.807, 2.05) is 0 Å². The molecule has 0 N–H and O–H groups in total. The van der Waals surface area contributed by atoms with Gasteiger partial charge in [0.05, 0.1) is 5.75 Å². The van der Waals surface area contributed by atoms with E-state index < -0.39 is 34.5 Å². The molecule has 0 aromatic carbocycles. The Balaban J connectivity index is 4.83. The van der Waals surface area contributed by atoms with E-state index in [0.717, 1.165) is 0 Å². The van der Waals surface area contributed by atoms with Crippen LogP contribution in [0, 0.1) is 0 Å². The highest BCUT2D eigenvalue weighted by molar-refractivity contribution is 7.89. The van der Waals surface area contributed by atoms with Gasteiger partial charge >= 0.3 is 6.18 Å². The molecule has 0 rings (SSSR count). The molecule has 0 radical (unpaired) electrons. The summed E-state index contributed by atoms with van der Waals surface area (Å²) in [5.41, 5.74) is 0. The Hall–Kier alpha value is -0.0100. The summed E-state index contributed by atoms with van der Waals surface area (Å²) in [4.78, 5) is 0. The lowest BCUT2D eigenvalue weighted by atomic mass is 10.4. The number of sulfonamides is 1. The second-order valence-corrected chi connectivity index (χ2v) is 5.68. The highest BCUT2D eigenvalue weighted by Gasteiger charge is 2.37. The minimum absolute atomic E-state index is 0.219. The van der Waals surface area contributed by atoms with Crippen LogP contribution in [0.25, 0.3) is 0 Å². The molecule has 0 saturated carbocycles. The van der Waals surface area contributed by atoms with Gasteiger partial charge in [-0.25, -0.2) is 8.42 Å². The fourth-order valence-electron chi connectivity index (χ4n) is 0.994. The molecular formula is C7H13ClF3NO2S. The van der Waals surface area contributed by atoms with E-state index >= 15 is 0 Å². The lowest BCUT2D eigenvalue weighted by molar-refractivity contribution is -0.138. The van der Waals surface area contributed by atoms with Crippen molar-refractivity contribution in [3.63, 3.8) is 0 Å². The first-order chi connectivity index (χ1) is 6.60. The van der Waals surface area contributed by atoms with E-state index in [0.29, 0.717) is 4.31 Å².